The maximum atomic E-state index is 12.0. The number of fused-ring (bicyclic) bond motifs is 1. The minimum atomic E-state index is -0.0761. The van der Waals surface area contributed by atoms with Crippen molar-refractivity contribution in [2.45, 2.75) is 51.2 Å². The van der Waals surface area contributed by atoms with Crippen molar-refractivity contribution in [1.29, 1.82) is 0 Å². The normalized spacial score (nSPS) is 25.1. The van der Waals surface area contributed by atoms with E-state index in [1.54, 1.807) is 17.4 Å². The molecule has 2 saturated heterocycles. The van der Waals surface area contributed by atoms with Gasteiger partial charge in [-0.3, -0.25) is 9.69 Å². The third kappa shape index (κ3) is 4.43. The number of rotatable bonds is 4. The van der Waals surface area contributed by atoms with Crippen molar-refractivity contribution in [3.8, 4) is 0 Å². The summed E-state index contributed by atoms with van der Waals surface area (Å²) in [5.41, 5.74) is 0.0464. The number of nitrogens with one attached hydrogen (secondary N) is 1. The minimum Gasteiger partial charge on any atom is -0.373 e. The zero-order chi connectivity index (χ0) is 17.2. The molecule has 5 nitrogen and oxygen atoms in total. The Labute approximate surface area is 148 Å². The van der Waals surface area contributed by atoms with Gasteiger partial charge in [-0.25, -0.2) is 4.98 Å². The first kappa shape index (κ1) is 17.6. The topological polar surface area (TPSA) is 54.5 Å². The van der Waals surface area contributed by atoms with E-state index in [1.165, 1.54) is 19.4 Å². The molecule has 0 saturated carbocycles. The monoisotopic (exact) mass is 349 g/mol. The van der Waals surface area contributed by atoms with Crippen LogP contribution in [0.25, 0.3) is 6.08 Å². The molecule has 1 N–H and O–H groups in total. The Morgan fingerprint density at radius 3 is 3.12 bits per heavy atom. The molecular weight excluding hydrogens is 322 g/mol. The fourth-order valence-electron chi connectivity index (χ4n) is 3.15. The zero-order valence-electron chi connectivity index (χ0n) is 14.7. The van der Waals surface area contributed by atoms with Gasteiger partial charge in [-0.2, -0.15) is 0 Å². The van der Waals surface area contributed by atoms with E-state index in [2.05, 4.69) is 36.0 Å². The molecule has 2 aliphatic heterocycles. The highest BCUT2D eigenvalue weighted by Crippen LogP contribution is 2.27. The van der Waals surface area contributed by atoms with Gasteiger partial charge < -0.3 is 10.1 Å². The third-order valence-corrected chi connectivity index (χ3v) is 5.92. The first-order chi connectivity index (χ1) is 11.4. The number of thiazole rings is 1. The lowest BCUT2D eigenvalue weighted by Crippen LogP contribution is -2.49. The highest BCUT2D eigenvalue weighted by atomic mass is 32.1. The lowest BCUT2D eigenvalue weighted by atomic mass is 9.98. The lowest BCUT2D eigenvalue weighted by molar-refractivity contribution is -0.117. The van der Waals surface area contributed by atoms with Crippen LogP contribution in [0.2, 0.25) is 0 Å². The highest BCUT2D eigenvalue weighted by molar-refractivity contribution is 7.12. The van der Waals surface area contributed by atoms with Gasteiger partial charge in [-0.1, -0.05) is 20.8 Å². The summed E-state index contributed by atoms with van der Waals surface area (Å²) in [4.78, 5) is 19.9. The summed E-state index contributed by atoms with van der Waals surface area (Å²) in [5.74, 6) is -0.0761. The number of hydrogen-bond donors (Lipinski definition) is 1. The van der Waals surface area contributed by atoms with Crippen LogP contribution in [0.15, 0.2) is 12.3 Å². The molecule has 3 heterocycles. The number of amides is 1. The van der Waals surface area contributed by atoms with Gasteiger partial charge in [0.1, 0.15) is 0 Å². The van der Waals surface area contributed by atoms with E-state index in [4.69, 9.17) is 4.74 Å². The summed E-state index contributed by atoms with van der Waals surface area (Å²) in [6.07, 6.45) is 7.86. The molecule has 2 aliphatic rings. The molecule has 1 aromatic rings. The molecule has 0 aliphatic carbocycles. The molecular formula is C18H27N3O2S. The number of ether oxygens (including phenoxy) is 1. The number of nitrogens with zero attached hydrogens (tertiary/aromatic N) is 2. The van der Waals surface area contributed by atoms with Crippen LogP contribution in [-0.4, -0.2) is 54.2 Å². The first-order valence-electron chi connectivity index (χ1n) is 8.70. The van der Waals surface area contributed by atoms with Crippen LogP contribution in [0.3, 0.4) is 0 Å². The molecule has 2 atom stereocenters. The third-order valence-electron chi connectivity index (χ3n) is 4.53. The number of hydrogen-bond acceptors (Lipinski definition) is 5. The van der Waals surface area contributed by atoms with Crippen molar-refractivity contribution in [3.63, 3.8) is 0 Å². The average molecular weight is 350 g/mol. The second kappa shape index (κ2) is 7.33. The molecule has 132 valence electrons. The summed E-state index contributed by atoms with van der Waals surface area (Å²) in [6.45, 7) is 9.89. The summed E-state index contributed by atoms with van der Waals surface area (Å²) in [5, 5.41) is 4.03. The van der Waals surface area contributed by atoms with Crippen molar-refractivity contribution in [1.82, 2.24) is 15.2 Å². The second-order valence-corrected chi connectivity index (χ2v) is 8.70. The van der Waals surface area contributed by atoms with Crippen LogP contribution < -0.4 is 5.32 Å². The van der Waals surface area contributed by atoms with Crippen LogP contribution in [0, 0.1) is 0 Å². The first-order valence-corrected chi connectivity index (χ1v) is 9.51. The summed E-state index contributed by atoms with van der Waals surface area (Å²) >= 11 is 1.63. The van der Waals surface area contributed by atoms with Crippen LogP contribution >= 0.6 is 11.3 Å². The standard InChI is InChI=1S/C18H27N3O2S/c1-18(2,3)17-20-10-15(24-17)6-7-16(22)19-9-14-11-21-8-4-5-13(21)12-23-14/h6-7,10,13-14H,4-5,8-9,11-12H2,1-3H3,(H,19,22)/b7-6+. The van der Waals surface area contributed by atoms with Gasteiger partial charge in [-0.05, 0) is 25.5 Å². The van der Waals surface area contributed by atoms with E-state index in [1.807, 2.05) is 12.3 Å². The van der Waals surface area contributed by atoms with Gasteiger partial charge in [0, 0.05) is 41.7 Å². The Kier molecular flexibility index (Phi) is 5.37. The van der Waals surface area contributed by atoms with Gasteiger partial charge in [0.25, 0.3) is 0 Å². The fraction of sp³-hybridized carbons (Fsp3) is 0.667. The van der Waals surface area contributed by atoms with Gasteiger partial charge >= 0.3 is 0 Å². The maximum Gasteiger partial charge on any atom is 0.244 e. The number of morpholine rings is 1. The average Bonchev–Trinajstić information content (AvgIpc) is 3.18. The molecule has 3 rings (SSSR count). The van der Waals surface area contributed by atoms with Crippen molar-refractivity contribution >= 4 is 23.3 Å². The Morgan fingerprint density at radius 1 is 1.54 bits per heavy atom. The Hall–Kier alpha value is -1.24. The van der Waals surface area contributed by atoms with Crippen molar-refractivity contribution < 1.29 is 9.53 Å². The smallest absolute Gasteiger partial charge is 0.244 e. The predicted molar refractivity (Wildman–Crippen MR) is 97.2 cm³/mol. The quantitative estimate of drug-likeness (QED) is 0.849. The highest BCUT2D eigenvalue weighted by Gasteiger charge is 2.32. The van der Waals surface area contributed by atoms with E-state index in [0.29, 0.717) is 12.6 Å². The largest absolute Gasteiger partial charge is 0.373 e. The predicted octanol–water partition coefficient (Wildman–Crippen LogP) is 2.43. The summed E-state index contributed by atoms with van der Waals surface area (Å²) in [7, 11) is 0. The minimum absolute atomic E-state index is 0.0464. The SMILES string of the molecule is CC(C)(C)c1ncc(/C=C/C(=O)NCC2CN3CCCC3CO2)s1. The van der Waals surface area contributed by atoms with Crippen LogP contribution in [0.5, 0.6) is 0 Å². The van der Waals surface area contributed by atoms with Crippen LogP contribution in [0.1, 0.15) is 43.5 Å². The van der Waals surface area contributed by atoms with Crippen molar-refractivity contribution in [2.24, 2.45) is 0 Å². The second-order valence-electron chi connectivity index (χ2n) is 7.64. The molecule has 0 radical (unpaired) electrons. The lowest BCUT2D eigenvalue weighted by Gasteiger charge is -2.35. The molecule has 2 unspecified atom stereocenters. The maximum absolute atomic E-state index is 12.0. The van der Waals surface area contributed by atoms with Crippen LogP contribution in [-0.2, 0) is 14.9 Å². The van der Waals surface area contributed by atoms with Crippen molar-refractivity contribution in [2.75, 3.05) is 26.2 Å². The molecule has 1 aromatic heterocycles. The molecule has 6 heteroatoms. The van der Waals surface area contributed by atoms with Gasteiger partial charge in [-0.15, -0.1) is 11.3 Å². The van der Waals surface area contributed by atoms with E-state index in [-0.39, 0.29) is 17.4 Å². The van der Waals surface area contributed by atoms with Crippen molar-refractivity contribution in [3.05, 3.63) is 22.2 Å². The fourth-order valence-corrected chi connectivity index (χ4v) is 4.03. The van der Waals surface area contributed by atoms with Crippen LogP contribution in [0.4, 0.5) is 0 Å². The Bertz CT molecular complexity index is 606. The summed E-state index contributed by atoms with van der Waals surface area (Å²) in [6, 6.07) is 0.597. The van der Waals surface area contributed by atoms with E-state index in [9.17, 15) is 4.79 Å². The van der Waals surface area contributed by atoms with E-state index < -0.39 is 0 Å². The van der Waals surface area contributed by atoms with E-state index in [0.717, 1.165) is 23.0 Å². The molecule has 2 fully saturated rings. The molecule has 0 spiro atoms. The molecule has 0 bridgehead atoms. The number of carbonyl (C=O) groups excluding carboxylic acids is 1. The Morgan fingerprint density at radius 2 is 2.38 bits per heavy atom. The molecule has 1 amide bonds. The number of carbonyl (C=O) groups is 1. The summed E-state index contributed by atoms with van der Waals surface area (Å²) < 4.78 is 5.86. The van der Waals surface area contributed by atoms with E-state index >= 15 is 0 Å². The molecule has 0 aromatic carbocycles. The van der Waals surface area contributed by atoms with Gasteiger partial charge in [0.2, 0.25) is 5.91 Å². The van der Waals surface area contributed by atoms with Gasteiger partial charge in [0.05, 0.1) is 17.7 Å². The van der Waals surface area contributed by atoms with Gasteiger partial charge in [0.15, 0.2) is 0 Å². The Balaban J connectivity index is 1.44. The zero-order valence-corrected chi connectivity index (χ0v) is 15.6. The number of aromatic nitrogens is 1. The molecule has 24 heavy (non-hydrogen) atoms.